The molecule has 0 spiro atoms. The monoisotopic (exact) mass is 448 g/mol. The predicted octanol–water partition coefficient (Wildman–Crippen LogP) is 5.06. The average molecular weight is 449 g/mol. The third kappa shape index (κ3) is 4.45. The van der Waals surface area contributed by atoms with Crippen LogP contribution in [0.2, 0.25) is 0 Å². The molecule has 2 N–H and O–H groups in total. The lowest BCUT2D eigenvalue weighted by Gasteiger charge is -2.19. The standard InChI is InChI=1S/C21H25BrN2O2S/c1-14-18(19-13-16(22)7-10-20(19)24-14)11-12-23-27(25,26)17-8-5-15(6-9-17)21(2,3)4/h5-10,13,23-24H,11-12H2,1-4H3. The molecule has 0 radical (unpaired) electrons. The molecule has 144 valence electrons. The van der Waals surface area contributed by atoms with Crippen LogP contribution in [-0.2, 0) is 21.9 Å². The summed E-state index contributed by atoms with van der Waals surface area (Å²) in [6.45, 7) is 8.69. The highest BCUT2D eigenvalue weighted by Gasteiger charge is 2.18. The molecule has 0 bridgehead atoms. The number of sulfonamides is 1. The van der Waals surface area contributed by atoms with Crippen LogP contribution in [-0.4, -0.2) is 19.9 Å². The Labute approximate surface area is 169 Å². The zero-order valence-corrected chi connectivity index (χ0v) is 18.5. The number of halogens is 1. The summed E-state index contributed by atoms with van der Waals surface area (Å²) >= 11 is 3.50. The molecule has 3 rings (SSSR count). The van der Waals surface area contributed by atoms with E-state index in [2.05, 4.69) is 52.5 Å². The van der Waals surface area contributed by atoms with Crippen molar-refractivity contribution in [2.45, 2.75) is 44.4 Å². The first-order valence-corrected chi connectivity index (χ1v) is 11.2. The molecule has 0 amide bonds. The summed E-state index contributed by atoms with van der Waals surface area (Å²) in [5.41, 5.74) is 4.37. The maximum Gasteiger partial charge on any atom is 0.240 e. The second-order valence-corrected chi connectivity index (χ2v) is 10.5. The van der Waals surface area contributed by atoms with Crippen LogP contribution in [0.4, 0.5) is 0 Å². The van der Waals surface area contributed by atoms with E-state index in [-0.39, 0.29) is 5.41 Å². The van der Waals surface area contributed by atoms with Gasteiger partial charge in [-0.05, 0) is 60.2 Å². The predicted molar refractivity (Wildman–Crippen MR) is 115 cm³/mol. The van der Waals surface area contributed by atoms with Gasteiger partial charge in [0.2, 0.25) is 10.0 Å². The summed E-state index contributed by atoms with van der Waals surface area (Å²) in [5.74, 6) is 0. The van der Waals surface area contributed by atoms with Crippen molar-refractivity contribution < 1.29 is 8.42 Å². The lowest BCUT2D eigenvalue weighted by Crippen LogP contribution is -2.26. The fraction of sp³-hybridized carbons (Fsp3) is 0.333. The molecule has 0 saturated heterocycles. The number of aromatic nitrogens is 1. The van der Waals surface area contributed by atoms with E-state index in [1.54, 1.807) is 12.1 Å². The van der Waals surface area contributed by atoms with Gasteiger partial charge in [-0.3, -0.25) is 0 Å². The first-order chi connectivity index (χ1) is 12.6. The van der Waals surface area contributed by atoms with Crippen LogP contribution in [0.25, 0.3) is 10.9 Å². The molecular formula is C21H25BrN2O2S. The van der Waals surface area contributed by atoms with Gasteiger partial charge in [0.15, 0.2) is 0 Å². The molecule has 0 saturated carbocycles. The third-order valence-electron chi connectivity index (χ3n) is 4.78. The fourth-order valence-electron chi connectivity index (χ4n) is 3.20. The van der Waals surface area contributed by atoms with Crippen LogP contribution < -0.4 is 4.72 Å². The van der Waals surface area contributed by atoms with Crippen molar-refractivity contribution in [3.63, 3.8) is 0 Å². The van der Waals surface area contributed by atoms with Crippen LogP contribution >= 0.6 is 15.9 Å². The molecule has 1 aromatic heterocycles. The summed E-state index contributed by atoms with van der Waals surface area (Å²) < 4.78 is 28.9. The SMILES string of the molecule is Cc1[nH]c2ccc(Br)cc2c1CCNS(=O)(=O)c1ccc(C(C)(C)C)cc1. The van der Waals surface area contributed by atoms with E-state index in [4.69, 9.17) is 0 Å². The van der Waals surface area contributed by atoms with Gasteiger partial charge in [0, 0.05) is 27.6 Å². The van der Waals surface area contributed by atoms with E-state index in [0.717, 1.165) is 32.2 Å². The Balaban J connectivity index is 1.73. The topological polar surface area (TPSA) is 62.0 Å². The second kappa shape index (κ2) is 7.41. The molecule has 0 aliphatic heterocycles. The minimum absolute atomic E-state index is 0.00311. The summed E-state index contributed by atoms with van der Waals surface area (Å²) in [6.07, 6.45) is 0.627. The molecule has 1 heterocycles. The van der Waals surface area contributed by atoms with E-state index in [1.807, 2.05) is 31.2 Å². The van der Waals surface area contributed by atoms with Crippen LogP contribution in [0.5, 0.6) is 0 Å². The number of fused-ring (bicyclic) bond motifs is 1. The first kappa shape index (κ1) is 20.1. The lowest BCUT2D eigenvalue weighted by atomic mass is 9.87. The Morgan fingerprint density at radius 3 is 2.37 bits per heavy atom. The van der Waals surface area contributed by atoms with E-state index in [0.29, 0.717) is 17.9 Å². The number of nitrogens with one attached hydrogen (secondary N) is 2. The third-order valence-corrected chi connectivity index (χ3v) is 6.75. The Hall–Kier alpha value is -1.63. The van der Waals surface area contributed by atoms with Gasteiger partial charge in [-0.15, -0.1) is 0 Å². The quantitative estimate of drug-likeness (QED) is 0.572. The normalized spacial score (nSPS) is 12.6. The number of H-pyrrole nitrogens is 1. The van der Waals surface area contributed by atoms with Crippen molar-refractivity contribution in [1.82, 2.24) is 9.71 Å². The van der Waals surface area contributed by atoms with Crippen molar-refractivity contribution >= 4 is 36.9 Å². The van der Waals surface area contributed by atoms with Gasteiger partial charge in [-0.1, -0.05) is 48.8 Å². The van der Waals surface area contributed by atoms with Crippen molar-refractivity contribution in [3.8, 4) is 0 Å². The van der Waals surface area contributed by atoms with Gasteiger partial charge in [0.1, 0.15) is 0 Å². The highest BCUT2D eigenvalue weighted by atomic mass is 79.9. The summed E-state index contributed by atoms with van der Waals surface area (Å²) in [7, 11) is -3.52. The van der Waals surface area contributed by atoms with Crippen molar-refractivity contribution in [2.24, 2.45) is 0 Å². The average Bonchev–Trinajstić information content (AvgIpc) is 2.89. The van der Waals surface area contributed by atoms with Crippen molar-refractivity contribution in [2.75, 3.05) is 6.54 Å². The highest BCUT2D eigenvalue weighted by molar-refractivity contribution is 9.10. The molecule has 0 aliphatic rings. The Morgan fingerprint density at radius 2 is 1.74 bits per heavy atom. The maximum atomic E-state index is 12.6. The molecular weight excluding hydrogens is 424 g/mol. The Morgan fingerprint density at radius 1 is 1.07 bits per heavy atom. The van der Waals surface area contributed by atoms with Gasteiger partial charge in [0.05, 0.1) is 4.90 Å². The molecule has 0 unspecified atom stereocenters. The zero-order chi connectivity index (χ0) is 19.8. The van der Waals surface area contributed by atoms with Gasteiger partial charge in [-0.25, -0.2) is 13.1 Å². The first-order valence-electron chi connectivity index (χ1n) is 8.95. The number of hydrogen-bond acceptors (Lipinski definition) is 2. The second-order valence-electron chi connectivity index (χ2n) is 7.84. The van der Waals surface area contributed by atoms with Gasteiger partial charge < -0.3 is 4.98 Å². The molecule has 4 nitrogen and oxygen atoms in total. The molecule has 27 heavy (non-hydrogen) atoms. The lowest BCUT2D eigenvalue weighted by molar-refractivity contribution is 0.578. The smallest absolute Gasteiger partial charge is 0.240 e. The van der Waals surface area contributed by atoms with Gasteiger partial charge in [-0.2, -0.15) is 0 Å². The summed E-state index contributed by atoms with van der Waals surface area (Å²) in [5, 5.41) is 1.12. The zero-order valence-electron chi connectivity index (χ0n) is 16.1. The fourth-order valence-corrected chi connectivity index (χ4v) is 4.60. The molecule has 2 aromatic carbocycles. The minimum atomic E-state index is -3.52. The van der Waals surface area contributed by atoms with E-state index in [1.165, 1.54) is 0 Å². The largest absolute Gasteiger partial charge is 0.358 e. The van der Waals surface area contributed by atoms with Crippen LogP contribution in [0, 0.1) is 6.92 Å². The molecule has 0 fully saturated rings. The molecule has 3 aromatic rings. The van der Waals surface area contributed by atoms with E-state index >= 15 is 0 Å². The van der Waals surface area contributed by atoms with E-state index in [9.17, 15) is 8.42 Å². The summed E-state index contributed by atoms with van der Waals surface area (Å²) in [4.78, 5) is 3.66. The van der Waals surface area contributed by atoms with E-state index < -0.39 is 10.0 Å². The molecule has 6 heteroatoms. The van der Waals surface area contributed by atoms with Crippen molar-refractivity contribution in [3.05, 3.63) is 63.8 Å². The highest BCUT2D eigenvalue weighted by Crippen LogP contribution is 2.26. The number of benzene rings is 2. The Bertz CT molecular complexity index is 1060. The molecule has 0 atom stereocenters. The van der Waals surface area contributed by atoms with Crippen molar-refractivity contribution in [1.29, 1.82) is 0 Å². The number of aromatic amines is 1. The van der Waals surface area contributed by atoms with Crippen LogP contribution in [0.1, 0.15) is 37.6 Å². The number of aryl methyl sites for hydroxylation is 1. The minimum Gasteiger partial charge on any atom is -0.358 e. The van der Waals surface area contributed by atoms with Crippen LogP contribution in [0.3, 0.4) is 0 Å². The van der Waals surface area contributed by atoms with Gasteiger partial charge >= 0.3 is 0 Å². The van der Waals surface area contributed by atoms with Gasteiger partial charge in [0.25, 0.3) is 0 Å². The summed E-state index contributed by atoms with van der Waals surface area (Å²) in [6, 6.07) is 13.2. The molecule has 0 aliphatic carbocycles. The number of rotatable bonds is 5. The van der Waals surface area contributed by atoms with Crippen LogP contribution in [0.15, 0.2) is 51.8 Å². The number of hydrogen-bond donors (Lipinski definition) is 2. The Kier molecular flexibility index (Phi) is 5.52. The maximum absolute atomic E-state index is 12.6.